The van der Waals surface area contributed by atoms with Crippen LogP contribution in [0.2, 0.25) is 0 Å². The fraction of sp³-hybridized carbons (Fsp3) is 0.588. The Morgan fingerprint density at radius 1 is 1.38 bits per heavy atom. The largest absolute Gasteiger partial charge is 0.497 e. The van der Waals surface area contributed by atoms with Gasteiger partial charge in [0.25, 0.3) is 0 Å². The van der Waals surface area contributed by atoms with Crippen molar-refractivity contribution in [2.24, 2.45) is 0 Å². The summed E-state index contributed by atoms with van der Waals surface area (Å²) in [5.41, 5.74) is 0.937. The SMILES string of the molecule is COc1ccc(CCC(=O)N2CC(C)OCC2(C)C)cc1. The van der Waals surface area contributed by atoms with E-state index in [1.807, 2.05) is 36.1 Å². The molecule has 1 atom stereocenters. The van der Waals surface area contributed by atoms with Gasteiger partial charge in [-0.05, 0) is 44.9 Å². The Morgan fingerprint density at radius 2 is 2.05 bits per heavy atom. The van der Waals surface area contributed by atoms with E-state index in [9.17, 15) is 4.79 Å². The lowest BCUT2D eigenvalue weighted by molar-refractivity contribution is -0.152. The maximum Gasteiger partial charge on any atom is 0.223 e. The van der Waals surface area contributed by atoms with Gasteiger partial charge in [0.15, 0.2) is 0 Å². The molecule has 2 rings (SSSR count). The molecule has 0 bridgehead atoms. The van der Waals surface area contributed by atoms with Gasteiger partial charge in [0.2, 0.25) is 5.91 Å². The van der Waals surface area contributed by atoms with Gasteiger partial charge in [-0.3, -0.25) is 4.79 Å². The number of carbonyl (C=O) groups excluding carboxylic acids is 1. The summed E-state index contributed by atoms with van der Waals surface area (Å²) in [6, 6.07) is 7.89. The predicted octanol–water partition coefficient (Wildman–Crippen LogP) is 2.65. The van der Waals surface area contributed by atoms with E-state index in [1.165, 1.54) is 0 Å². The molecule has 0 spiro atoms. The van der Waals surface area contributed by atoms with E-state index in [2.05, 4.69) is 13.8 Å². The van der Waals surface area contributed by atoms with Gasteiger partial charge in [-0.1, -0.05) is 12.1 Å². The number of morpholine rings is 1. The number of amides is 1. The first-order valence-electron chi connectivity index (χ1n) is 7.47. The highest BCUT2D eigenvalue weighted by atomic mass is 16.5. The fourth-order valence-electron chi connectivity index (χ4n) is 2.60. The predicted molar refractivity (Wildman–Crippen MR) is 82.5 cm³/mol. The average Bonchev–Trinajstić information content (AvgIpc) is 2.48. The third kappa shape index (κ3) is 3.97. The molecule has 0 aromatic heterocycles. The van der Waals surface area contributed by atoms with E-state index in [1.54, 1.807) is 7.11 Å². The zero-order chi connectivity index (χ0) is 15.5. The van der Waals surface area contributed by atoms with E-state index in [-0.39, 0.29) is 17.6 Å². The Balaban J connectivity index is 1.93. The Hall–Kier alpha value is -1.55. The van der Waals surface area contributed by atoms with Crippen LogP contribution in [0.3, 0.4) is 0 Å². The molecule has 0 aliphatic carbocycles. The molecule has 1 heterocycles. The number of rotatable bonds is 4. The van der Waals surface area contributed by atoms with Crippen molar-refractivity contribution in [3.8, 4) is 5.75 Å². The van der Waals surface area contributed by atoms with E-state index in [0.29, 0.717) is 19.6 Å². The second kappa shape index (κ2) is 6.48. The monoisotopic (exact) mass is 291 g/mol. The van der Waals surface area contributed by atoms with Gasteiger partial charge in [0, 0.05) is 13.0 Å². The molecule has 1 saturated heterocycles. The molecule has 0 N–H and O–H groups in total. The van der Waals surface area contributed by atoms with Crippen molar-refractivity contribution >= 4 is 5.91 Å². The van der Waals surface area contributed by atoms with Crippen LogP contribution in [0.15, 0.2) is 24.3 Å². The minimum atomic E-state index is -0.219. The summed E-state index contributed by atoms with van der Waals surface area (Å²) in [6.45, 7) is 7.41. The second-order valence-corrected chi connectivity index (χ2v) is 6.29. The summed E-state index contributed by atoms with van der Waals surface area (Å²) < 4.78 is 10.8. The van der Waals surface area contributed by atoms with Crippen LogP contribution in [0.4, 0.5) is 0 Å². The topological polar surface area (TPSA) is 38.8 Å². The van der Waals surface area contributed by atoms with Crippen molar-refractivity contribution < 1.29 is 14.3 Å². The van der Waals surface area contributed by atoms with Crippen molar-refractivity contribution in [3.05, 3.63) is 29.8 Å². The first-order valence-corrected chi connectivity index (χ1v) is 7.47. The zero-order valence-corrected chi connectivity index (χ0v) is 13.4. The Kier molecular flexibility index (Phi) is 4.88. The minimum absolute atomic E-state index is 0.114. The van der Waals surface area contributed by atoms with Crippen LogP contribution >= 0.6 is 0 Å². The number of aryl methyl sites for hydroxylation is 1. The van der Waals surface area contributed by atoms with Gasteiger partial charge >= 0.3 is 0 Å². The van der Waals surface area contributed by atoms with Crippen LogP contribution < -0.4 is 4.74 Å². The molecular weight excluding hydrogens is 266 g/mol. The molecule has 4 heteroatoms. The number of ether oxygens (including phenoxy) is 2. The third-order valence-corrected chi connectivity index (χ3v) is 3.98. The highest BCUT2D eigenvalue weighted by Gasteiger charge is 2.36. The first kappa shape index (κ1) is 15.8. The van der Waals surface area contributed by atoms with Crippen LogP contribution in [-0.2, 0) is 16.0 Å². The maximum absolute atomic E-state index is 12.5. The maximum atomic E-state index is 12.5. The molecule has 1 aromatic carbocycles. The normalized spacial score (nSPS) is 21.1. The quantitative estimate of drug-likeness (QED) is 0.856. The summed E-state index contributed by atoms with van der Waals surface area (Å²) in [4.78, 5) is 14.5. The highest BCUT2D eigenvalue weighted by molar-refractivity contribution is 5.77. The molecule has 0 radical (unpaired) electrons. The Morgan fingerprint density at radius 3 is 2.67 bits per heavy atom. The fourth-order valence-corrected chi connectivity index (χ4v) is 2.60. The summed E-state index contributed by atoms with van der Waals surface area (Å²) in [6.07, 6.45) is 1.40. The first-order chi connectivity index (χ1) is 9.92. The molecular formula is C17H25NO3. The molecule has 1 aliphatic heterocycles. The van der Waals surface area contributed by atoms with E-state index >= 15 is 0 Å². The van der Waals surface area contributed by atoms with E-state index in [0.717, 1.165) is 17.7 Å². The molecule has 1 amide bonds. The standard InChI is InChI=1S/C17H25NO3/c1-13-11-18(17(2,3)12-21-13)16(19)10-7-14-5-8-15(20-4)9-6-14/h5-6,8-9,13H,7,10-12H2,1-4H3. The average molecular weight is 291 g/mol. The van der Waals surface area contributed by atoms with E-state index < -0.39 is 0 Å². The van der Waals surface area contributed by atoms with Crippen molar-refractivity contribution in [2.75, 3.05) is 20.3 Å². The molecule has 1 fully saturated rings. The lowest BCUT2D eigenvalue weighted by Crippen LogP contribution is -2.57. The summed E-state index contributed by atoms with van der Waals surface area (Å²) >= 11 is 0. The summed E-state index contributed by atoms with van der Waals surface area (Å²) in [5, 5.41) is 0. The van der Waals surface area contributed by atoms with Gasteiger partial charge in [-0.15, -0.1) is 0 Å². The van der Waals surface area contributed by atoms with Gasteiger partial charge in [0.1, 0.15) is 5.75 Å². The van der Waals surface area contributed by atoms with Gasteiger partial charge in [0.05, 0.1) is 25.4 Å². The number of hydrogen-bond donors (Lipinski definition) is 0. The van der Waals surface area contributed by atoms with Crippen LogP contribution in [0.1, 0.15) is 32.8 Å². The van der Waals surface area contributed by atoms with Crippen molar-refractivity contribution in [1.29, 1.82) is 0 Å². The Bertz CT molecular complexity index is 481. The number of carbonyl (C=O) groups is 1. The molecule has 4 nitrogen and oxygen atoms in total. The number of benzene rings is 1. The van der Waals surface area contributed by atoms with Crippen LogP contribution in [0.5, 0.6) is 5.75 Å². The van der Waals surface area contributed by atoms with Gasteiger partial charge in [-0.25, -0.2) is 0 Å². The summed E-state index contributed by atoms with van der Waals surface area (Å²) in [7, 11) is 1.65. The molecule has 1 aliphatic rings. The second-order valence-electron chi connectivity index (χ2n) is 6.29. The van der Waals surface area contributed by atoms with Gasteiger partial charge in [-0.2, -0.15) is 0 Å². The van der Waals surface area contributed by atoms with Crippen LogP contribution in [0, 0.1) is 0 Å². The molecule has 21 heavy (non-hydrogen) atoms. The molecule has 0 saturated carbocycles. The molecule has 1 aromatic rings. The lowest BCUT2D eigenvalue weighted by Gasteiger charge is -2.44. The lowest BCUT2D eigenvalue weighted by atomic mass is 9.99. The Labute approximate surface area is 127 Å². The highest BCUT2D eigenvalue weighted by Crippen LogP contribution is 2.23. The number of nitrogens with zero attached hydrogens (tertiary/aromatic N) is 1. The third-order valence-electron chi connectivity index (χ3n) is 3.98. The number of hydrogen-bond acceptors (Lipinski definition) is 3. The van der Waals surface area contributed by atoms with Gasteiger partial charge < -0.3 is 14.4 Å². The van der Waals surface area contributed by atoms with Crippen LogP contribution in [-0.4, -0.2) is 42.7 Å². The zero-order valence-electron chi connectivity index (χ0n) is 13.4. The van der Waals surface area contributed by atoms with Crippen molar-refractivity contribution in [1.82, 2.24) is 4.90 Å². The minimum Gasteiger partial charge on any atom is -0.497 e. The van der Waals surface area contributed by atoms with Crippen molar-refractivity contribution in [2.45, 2.75) is 45.3 Å². The van der Waals surface area contributed by atoms with E-state index in [4.69, 9.17) is 9.47 Å². The molecule has 1 unspecified atom stereocenters. The van der Waals surface area contributed by atoms with Crippen molar-refractivity contribution in [3.63, 3.8) is 0 Å². The number of methoxy groups -OCH3 is 1. The summed E-state index contributed by atoms with van der Waals surface area (Å²) in [5.74, 6) is 1.04. The molecule has 116 valence electrons. The smallest absolute Gasteiger partial charge is 0.223 e. The van der Waals surface area contributed by atoms with Crippen LogP contribution in [0.25, 0.3) is 0 Å².